The van der Waals surface area contributed by atoms with Gasteiger partial charge in [0.05, 0.1) is 39.9 Å². The molecule has 0 aliphatic carbocycles. The van der Waals surface area contributed by atoms with E-state index in [0.29, 0.717) is 17.4 Å². The molecule has 0 heterocycles. The van der Waals surface area contributed by atoms with E-state index in [0.717, 1.165) is 109 Å². The van der Waals surface area contributed by atoms with Crippen LogP contribution in [0.3, 0.4) is 0 Å². The summed E-state index contributed by atoms with van der Waals surface area (Å²) in [7, 11) is 1.54. The molecule has 0 bridgehead atoms. The van der Waals surface area contributed by atoms with Gasteiger partial charge in [0.25, 0.3) is 0 Å². The lowest BCUT2D eigenvalue weighted by molar-refractivity contribution is -0.870. The lowest BCUT2D eigenvalue weighted by Crippen LogP contribution is -2.45. The maximum Gasteiger partial charge on any atom is 0.472 e. The monoisotopic (exact) mass is 1200 g/mol. The van der Waals surface area contributed by atoms with Crippen molar-refractivity contribution in [1.29, 1.82) is 0 Å². The molecule has 0 rings (SSSR count). The van der Waals surface area contributed by atoms with Gasteiger partial charge in [-0.05, 0) is 109 Å². The highest BCUT2D eigenvalue weighted by Gasteiger charge is 2.28. The summed E-state index contributed by atoms with van der Waals surface area (Å²) in [5, 5.41) is 14.0. The third kappa shape index (κ3) is 67.7. The van der Waals surface area contributed by atoms with Crippen molar-refractivity contribution >= 4 is 13.7 Å². The number of hydrogen-bond donors (Lipinski definition) is 3. The summed E-state index contributed by atoms with van der Waals surface area (Å²) in [6.07, 6.45) is 99.9. The van der Waals surface area contributed by atoms with E-state index < -0.39 is 20.0 Å². The van der Waals surface area contributed by atoms with Crippen molar-refractivity contribution in [2.45, 2.75) is 289 Å². The number of allylic oxidation sites excluding steroid dienone is 23. The number of amides is 1. The number of aliphatic hydroxyl groups excluding tert-OH is 1. The van der Waals surface area contributed by atoms with Crippen LogP contribution in [0.1, 0.15) is 277 Å². The van der Waals surface area contributed by atoms with E-state index in [1.165, 1.54) is 148 Å². The van der Waals surface area contributed by atoms with Crippen LogP contribution in [-0.2, 0) is 18.4 Å². The van der Waals surface area contributed by atoms with E-state index in [-0.39, 0.29) is 19.1 Å². The molecule has 1 amide bonds. The summed E-state index contributed by atoms with van der Waals surface area (Å²) in [6, 6.07) is -0.877. The van der Waals surface area contributed by atoms with Crippen LogP contribution in [0.4, 0.5) is 0 Å². The smallest absolute Gasteiger partial charge is 0.387 e. The van der Waals surface area contributed by atoms with Gasteiger partial charge in [-0.15, -0.1) is 0 Å². The molecule has 0 aromatic heterocycles. The van der Waals surface area contributed by atoms with Gasteiger partial charge in [0, 0.05) is 6.42 Å². The maximum atomic E-state index is 13.0. The van der Waals surface area contributed by atoms with Crippen molar-refractivity contribution in [2.24, 2.45) is 0 Å². The first-order valence-electron chi connectivity index (χ1n) is 34.7. The maximum absolute atomic E-state index is 13.0. The molecule has 0 aliphatic heterocycles. The predicted molar refractivity (Wildman–Crippen MR) is 373 cm³/mol. The highest BCUT2D eigenvalue weighted by Crippen LogP contribution is 2.43. The van der Waals surface area contributed by atoms with E-state index in [2.05, 4.69) is 153 Å². The molecule has 0 aromatic carbocycles. The van der Waals surface area contributed by atoms with Gasteiger partial charge in [-0.2, -0.15) is 0 Å². The van der Waals surface area contributed by atoms with E-state index in [1.54, 1.807) is 6.08 Å². The summed E-state index contributed by atoms with van der Waals surface area (Å²) in [4.78, 5) is 23.4. The molecule has 0 saturated carbocycles. The number of phosphoric ester groups is 1. The predicted octanol–water partition coefficient (Wildman–Crippen LogP) is 22.4. The SMILES string of the molecule is CC/C=C\C/C=C\C/C=C\C/C=C\C/C=C\C/C=C\C/C=C\C/C=C\C/C=C\C/C=C\CCCCCCCCCCCCC(=O)NC(COP(=O)(O)OCC[N+](C)(C)C)C(O)/C=C/CC/C=C/CCCCCCCCCCCCCCCCCC. The number of likely N-dealkylation sites (N-methyl/N-ethyl adjacent to an activating group) is 1. The largest absolute Gasteiger partial charge is 0.472 e. The summed E-state index contributed by atoms with van der Waals surface area (Å²) in [6.45, 7) is 4.69. The minimum atomic E-state index is -4.37. The van der Waals surface area contributed by atoms with Crippen LogP contribution in [0.25, 0.3) is 0 Å². The van der Waals surface area contributed by atoms with Gasteiger partial charge in [-0.1, -0.05) is 307 Å². The van der Waals surface area contributed by atoms with Crippen molar-refractivity contribution in [3.8, 4) is 0 Å². The van der Waals surface area contributed by atoms with Crippen molar-refractivity contribution < 1.29 is 32.9 Å². The average molecular weight is 1200 g/mol. The van der Waals surface area contributed by atoms with Gasteiger partial charge < -0.3 is 19.8 Å². The van der Waals surface area contributed by atoms with Crippen LogP contribution in [0, 0.1) is 0 Å². The Bertz CT molecular complexity index is 1900. The Labute approximate surface area is 525 Å². The average Bonchev–Trinajstić information content (AvgIpc) is 3.48. The van der Waals surface area contributed by atoms with Crippen LogP contribution in [0.5, 0.6) is 0 Å². The normalized spacial score (nSPS) is 14.6. The molecular weight excluding hydrogens is 1070 g/mol. The molecule has 3 N–H and O–H groups in total. The van der Waals surface area contributed by atoms with E-state index >= 15 is 0 Å². The van der Waals surface area contributed by atoms with Crippen LogP contribution < -0.4 is 5.32 Å². The first-order chi connectivity index (χ1) is 41.5. The number of hydrogen-bond acceptors (Lipinski definition) is 5. The number of carbonyl (C=O) groups excluding carboxylic acids is 1. The van der Waals surface area contributed by atoms with Gasteiger partial charge in [0.2, 0.25) is 5.91 Å². The number of carbonyl (C=O) groups is 1. The number of phosphoric acid groups is 1. The molecule has 0 spiro atoms. The van der Waals surface area contributed by atoms with Crippen LogP contribution >= 0.6 is 7.82 Å². The zero-order valence-corrected chi connectivity index (χ0v) is 56.4. The van der Waals surface area contributed by atoms with E-state index in [1.807, 2.05) is 27.2 Å². The number of nitrogens with zero attached hydrogens (tertiary/aromatic N) is 1. The molecule has 0 aromatic rings. The molecule has 3 atom stereocenters. The second-order valence-electron chi connectivity index (χ2n) is 24.2. The molecule has 8 nitrogen and oxygen atoms in total. The van der Waals surface area contributed by atoms with Crippen molar-refractivity contribution in [3.05, 3.63) is 146 Å². The number of aliphatic hydroxyl groups is 1. The topological polar surface area (TPSA) is 105 Å². The minimum Gasteiger partial charge on any atom is -0.387 e. The van der Waals surface area contributed by atoms with E-state index in [4.69, 9.17) is 9.05 Å². The molecule has 0 saturated heterocycles. The molecule has 0 radical (unpaired) electrons. The number of nitrogens with one attached hydrogen (secondary N) is 1. The number of quaternary nitrogens is 1. The van der Waals surface area contributed by atoms with Gasteiger partial charge in [-0.25, -0.2) is 4.57 Å². The number of rotatable bonds is 62. The molecule has 486 valence electrons. The van der Waals surface area contributed by atoms with Gasteiger partial charge in [0.15, 0.2) is 0 Å². The number of unbranched alkanes of at least 4 members (excludes halogenated alkanes) is 27. The fraction of sp³-hybridized carbons (Fsp3) is 0.671. The Morgan fingerprint density at radius 2 is 0.718 bits per heavy atom. The van der Waals surface area contributed by atoms with Crippen LogP contribution in [0.15, 0.2) is 146 Å². The summed E-state index contributed by atoms with van der Waals surface area (Å²) < 4.78 is 23.8. The minimum absolute atomic E-state index is 0.0491. The fourth-order valence-corrected chi connectivity index (χ4v) is 10.2. The van der Waals surface area contributed by atoms with Crippen molar-refractivity contribution in [2.75, 3.05) is 40.9 Å². The Balaban J connectivity index is 4.15. The zero-order chi connectivity index (χ0) is 61.9. The van der Waals surface area contributed by atoms with Gasteiger partial charge in [0.1, 0.15) is 13.2 Å². The highest BCUT2D eigenvalue weighted by molar-refractivity contribution is 7.47. The summed E-state index contributed by atoms with van der Waals surface area (Å²) >= 11 is 0. The molecule has 9 heteroatoms. The van der Waals surface area contributed by atoms with Crippen LogP contribution in [0.2, 0.25) is 0 Å². The second-order valence-corrected chi connectivity index (χ2v) is 25.6. The Morgan fingerprint density at radius 3 is 1.08 bits per heavy atom. The highest BCUT2D eigenvalue weighted by atomic mass is 31.2. The van der Waals surface area contributed by atoms with Gasteiger partial charge >= 0.3 is 7.82 Å². The zero-order valence-electron chi connectivity index (χ0n) is 55.5. The van der Waals surface area contributed by atoms with Crippen molar-refractivity contribution in [1.82, 2.24) is 5.32 Å². The first kappa shape index (κ1) is 81.4. The molecule has 85 heavy (non-hydrogen) atoms. The quantitative estimate of drug-likeness (QED) is 0.0243. The standard InChI is InChI=1S/C76H131N2O6P/c1-6-8-10-12-14-16-18-20-22-24-26-28-30-31-32-33-34-35-36-37-38-39-40-41-42-43-44-45-46-47-48-50-52-54-56-58-60-62-64-66-68-70-76(80)77-74(73-84-85(81,82)83-72-71-78(3,4)5)75(79)69-67-65-63-61-59-57-55-53-51-49-29-27-25-23-21-19-17-15-13-11-9-7-2/h8,10,14,16,20,22,26,28,31-32,34-35,37-38,40-41,43-44,46-47,59,61,67,69,74-75,79H,6-7,9,11-13,15,17-19,21,23-25,27,29-30,33,36,39,42,45,48-58,60,62-66,68,70-73H2,1-5H3,(H-,77,80,81,82)/p+1/b10-8-,16-14-,22-20-,28-26-,32-31-,35-34-,38-37-,41-40-,44-43-,47-46-,61-59+,69-67+. The Kier molecular flexibility index (Phi) is 62.1. The lowest BCUT2D eigenvalue weighted by Gasteiger charge is -2.25. The second kappa shape index (κ2) is 64.8. The first-order valence-corrected chi connectivity index (χ1v) is 36.2. The van der Waals surface area contributed by atoms with Crippen LogP contribution in [-0.4, -0.2) is 73.4 Å². The summed E-state index contributed by atoms with van der Waals surface area (Å²) in [5.74, 6) is -0.195. The lowest BCUT2D eigenvalue weighted by atomic mass is 10.0. The molecule has 3 unspecified atom stereocenters. The molecule has 0 fully saturated rings. The third-order valence-corrected chi connectivity index (χ3v) is 15.8. The summed E-state index contributed by atoms with van der Waals surface area (Å²) in [5.41, 5.74) is 0. The fourth-order valence-electron chi connectivity index (χ4n) is 9.44. The Hall–Kier alpha value is -3.62. The third-order valence-electron chi connectivity index (χ3n) is 14.8. The van der Waals surface area contributed by atoms with E-state index in [9.17, 15) is 19.4 Å². The van der Waals surface area contributed by atoms with Gasteiger partial charge in [-0.3, -0.25) is 13.8 Å². The Morgan fingerprint density at radius 1 is 0.412 bits per heavy atom. The van der Waals surface area contributed by atoms with Crippen molar-refractivity contribution in [3.63, 3.8) is 0 Å². The molecule has 0 aliphatic rings. The molecular formula is C76H132N2O6P+.